The Hall–Kier alpha value is -4.54. The normalized spacial score (nSPS) is 16.5. The molecule has 2 aliphatic carbocycles. The van der Waals surface area contributed by atoms with Crippen LogP contribution in [-0.2, 0) is 5.41 Å². The van der Waals surface area contributed by atoms with Crippen LogP contribution in [0.5, 0.6) is 5.75 Å². The number of aromatic nitrogens is 5. The van der Waals surface area contributed by atoms with Gasteiger partial charge < -0.3 is 15.0 Å². The molecule has 1 N–H and O–H groups in total. The van der Waals surface area contributed by atoms with E-state index < -0.39 is 29.5 Å². The third-order valence-corrected chi connectivity index (χ3v) is 6.74. The highest BCUT2D eigenvalue weighted by atomic mass is 19.4. The largest absolute Gasteiger partial charge is 0.573 e. The average molecular weight is 555 g/mol. The molecule has 0 aliphatic heterocycles. The number of nitrogens with zero attached hydrogens (tertiary/aromatic N) is 7. The topological polar surface area (TPSA) is 139 Å². The predicted molar refractivity (Wildman–Crippen MR) is 132 cm³/mol. The van der Waals surface area contributed by atoms with Gasteiger partial charge in [-0.2, -0.15) is 9.94 Å². The van der Waals surface area contributed by atoms with Crippen molar-refractivity contribution in [2.24, 2.45) is 0 Å². The fourth-order valence-corrected chi connectivity index (χ4v) is 4.25. The molecule has 0 radical (unpaired) electrons. The molecule has 14 heteroatoms. The molecule has 208 valence electrons. The van der Waals surface area contributed by atoms with Gasteiger partial charge in [0, 0.05) is 31.6 Å². The van der Waals surface area contributed by atoms with Crippen LogP contribution < -0.4 is 10.1 Å². The fraction of sp³-hybridized carbons (Fsp3) is 0.423. The summed E-state index contributed by atoms with van der Waals surface area (Å²) in [4.78, 5) is 40.0. The number of rotatable bonds is 8. The molecule has 1 aromatic carbocycles. The van der Waals surface area contributed by atoms with Crippen LogP contribution in [-0.4, -0.2) is 61.9 Å². The molecule has 0 bridgehead atoms. The summed E-state index contributed by atoms with van der Waals surface area (Å²) < 4.78 is 44.5. The molecule has 0 saturated heterocycles. The minimum Gasteiger partial charge on any atom is -0.406 e. The van der Waals surface area contributed by atoms with Gasteiger partial charge in [0.25, 0.3) is 11.8 Å². The van der Waals surface area contributed by atoms with Gasteiger partial charge >= 0.3 is 6.36 Å². The fourth-order valence-electron chi connectivity index (χ4n) is 4.25. The number of halogens is 3. The highest BCUT2D eigenvalue weighted by molar-refractivity contribution is 5.95. The van der Waals surface area contributed by atoms with Crippen LogP contribution in [0, 0.1) is 11.3 Å². The lowest BCUT2D eigenvalue weighted by Crippen LogP contribution is -2.29. The standard InChI is InChI=1S/C26H25F3N8O3/c1-14(33-23(38)16-8-17(25(12-30)6-7-25)10-18(9-16)40-26(27,28)29)22-34-21(15-4-5-15)35-37(22)20-11-19(31-13-32-20)24(39)36(2)3/h8-11,13-15H,4-7H2,1-3H3,(H,33,38)/t14-/m0/s1. The van der Waals surface area contributed by atoms with Crippen molar-refractivity contribution in [1.29, 1.82) is 5.26 Å². The number of carbonyl (C=O) groups is 2. The Morgan fingerprint density at radius 2 is 1.93 bits per heavy atom. The third-order valence-electron chi connectivity index (χ3n) is 6.74. The van der Waals surface area contributed by atoms with Gasteiger partial charge in [0.15, 0.2) is 17.5 Å². The minimum atomic E-state index is -4.97. The second-order valence-electron chi connectivity index (χ2n) is 10.2. The van der Waals surface area contributed by atoms with Gasteiger partial charge in [-0.15, -0.1) is 18.3 Å². The molecule has 2 heterocycles. The number of amides is 2. The van der Waals surface area contributed by atoms with E-state index in [-0.39, 0.29) is 34.5 Å². The van der Waals surface area contributed by atoms with E-state index in [9.17, 15) is 28.0 Å². The van der Waals surface area contributed by atoms with Crippen LogP contribution >= 0.6 is 0 Å². The first-order chi connectivity index (χ1) is 18.9. The first kappa shape index (κ1) is 27.0. The van der Waals surface area contributed by atoms with E-state index >= 15 is 0 Å². The quantitative estimate of drug-likeness (QED) is 0.446. The van der Waals surface area contributed by atoms with Crippen LogP contribution in [0.3, 0.4) is 0 Å². The van der Waals surface area contributed by atoms with E-state index in [0.717, 1.165) is 25.0 Å². The van der Waals surface area contributed by atoms with Gasteiger partial charge in [-0.1, -0.05) is 0 Å². The van der Waals surface area contributed by atoms with E-state index in [1.807, 2.05) is 0 Å². The lowest BCUT2D eigenvalue weighted by atomic mass is 9.95. The van der Waals surface area contributed by atoms with Crippen molar-refractivity contribution >= 4 is 11.8 Å². The Morgan fingerprint density at radius 3 is 2.52 bits per heavy atom. The van der Waals surface area contributed by atoms with Crippen molar-refractivity contribution in [3.63, 3.8) is 0 Å². The minimum absolute atomic E-state index is 0.0977. The Bertz CT molecular complexity index is 1520. The van der Waals surface area contributed by atoms with Gasteiger partial charge in [0.05, 0.1) is 17.5 Å². The molecular formula is C26H25F3N8O3. The second-order valence-corrected chi connectivity index (χ2v) is 10.2. The summed E-state index contributed by atoms with van der Waals surface area (Å²) in [5.74, 6) is -0.308. The molecule has 0 spiro atoms. The maximum Gasteiger partial charge on any atom is 0.573 e. The van der Waals surface area contributed by atoms with Crippen molar-refractivity contribution in [3.8, 4) is 17.6 Å². The molecule has 11 nitrogen and oxygen atoms in total. The van der Waals surface area contributed by atoms with Crippen molar-refractivity contribution in [2.45, 2.75) is 56.3 Å². The number of hydrogen-bond donors (Lipinski definition) is 1. The lowest BCUT2D eigenvalue weighted by molar-refractivity contribution is -0.274. The van der Waals surface area contributed by atoms with Crippen LogP contribution in [0.1, 0.15) is 82.6 Å². The summed E-state index contributed by atoms with van der Waals surface area (Å²) in [6, 6.07) is 6.36. The van der Waals surface area contributed by atoms with E-state index in [2.05, 4.69) is 36.2 Å². The Balaban J connectivity index is 1.46. The van der Waals surface area contributed by atoms with Crippen molar-refractivity contribution < 1.29 is 27.5 Å². The Labute approximate surface area is 227 Å². The molecule has 2 fully saturated rings. The summed E-state index contributed by atoms with van der Waals surface area (Å²) >= 11 is 0. The lowest BCUT2D eigenvalue weighted by Gasteiger charge is -2.17. The molecule has 2 saturated carbocycles. The van der Waals surface area contributed by atoms with Gasteiger partial charge in [0.2, 0.25) is 0 Å². The van der Waals surface area contributed by atoms with E-state index in [4.69, 9.17) is 0 Å². The number of nitriles is 1. The van der Waals surface area contributed by atoms with Crippen LogP contribution in [0.4, 0.5) is 13.2 Å². The summed E-state index contributed by atoms with van der Waals surface area (Å²) in [6.45, 7) is 1.65. The molecule has 3 aromatic rings. The molecular weight excluding hydrogens is 529 g/mol. The monoisotopic (exact) mass is 554 g/mol. The highest BCUT2D eigenvalue weighted by Gasteiger charge is 2.46. The smallest absolute Gasteiger partial charge is 0.406 e. The van der Waals surface area contributed by atoms with Gasteiger partial charge in [0.1, 0.15) is 17.8 Å². The molecule has 0 unspecified atom stereocenters. The third kappa shape index (κ3) is 5.58. The SMILES string of the molecule is C[C@H](NC(=O)c1cc(OC(F)(F)F)cc(C2(C#N)CC2)c1)c1nc(C2CC2)nn1-c1cc(C(=O)N(C)C)ncn1. The molecule has 5 rings (SSSR count). The molecule has 2 amide bonds. The average Bonchev–Trinajstić information content (AvgIpc) is 3.84. The van der Waals surface area contributed by atoms with Crippen LogP contribution in [0.2, 0.25) is 0 Å². The summed E-state index contributed by atoms with van der Waals surface area (Å²) in [7, 11) is 3.19. The highest BCUT2D eigenvalue weighted by Crippen LogP contribution is 2.48. The number of benzene rings is 1. The zero-order valence-corrected chi connectivity index (χ0v) is 21.9. The molecule has 2 aromatic heterocycles. The number of nitrogens with one attached hydrogen (secondary N) is 1. The van der Waals surface area contributed by atoms with E-state index in [1.54, 1.807) is 21.0 Å². The zero-order chi connectivity index (χ0) is 28.8. The number of alkyl halides is 3. The molecule has 2 aliphatic rings. The Kier molecular flexibility index (Phi) is 6.69. The van der Waals surface area contributed by atoms with Crippen molar-refractivity contribution in [3.05, 3.63) is 59.1 Å². The predicted octanol–water partition coefficient (Wildman–Crippen LogP) is 3.58. The first-order valence-electron chi connectivity index (χ1n) is 12.5. The van der Waals surface area contributed by atoms with Gasteiger partial charge in [-0.05, 0) is 56.4 Å². The molecule has 1 atom stereocenters. The molecule has 40 heavy (non-hydrogen) atoms. The number of carbonyl (C=O) groups excluding carboxylic acids is 2. The van der Waals surface area contributed by atoms with Gasteiger partial charge in [-0.3, -0.25) is 9.59 Å². The van der Waals surface area contributed by atoms with Crippen LogP contribution in [0.15, 0.2) is 30.6 Å². The summed E-state index contributed by atoms with van der Waals surface area (Å²) in [6.07, 6.45) is -0.972. The number of hydrogen-bond acceptors (Lipinski definition) is 8. The second kappa shape index (κ2) is 9.89. The summed E-state index contributed by atoms with van der Waals surface area (Å²) in [5, 5.41) is 16.9. The van der Waals surface area contributed by atoms with E-state index in [0.29, 0.717) is 24.5 Å². The van der Waals surface area contributed by atoms with Gasteiger partial charge in [-0.25, -0.2) is 15.0 Å². The van der Waals surface area contributed by atoms with Crippen molar-refractivity contribution in [1.82, 2.24) is 34.9 Å². The Morgan fingerprint density at radius 1 is 1.20 bits per heavy atom. The number of ether oxygens (including phenoxy) is 1. The van der Waals surface area contributed by atoms with Crippen molar-refractivity contribution in [2.75, 3.05) is 14.1 Å². The maximum atomic E-state index is 13.3. The summed E-state index contributed by atoms with van der Waals surface area (Å²) in [5.41, 5.74) is -0.617. The van der Waals surface area contributed by atoms with Crippen LogP contribution in [0.25, 0.3) is 5.82 Å². The van der Waals surface area contributed by atoms with E-state index in [1.165, 1.54) is 28.0 Å². The maximum absolute atomic E-state index is 13.3. The zero-order valence-electron chi connectivity index (χ0n) is 21.9. The first-order valence-corrected chi connectivity index (χ1v) is 12.5.